The van der Waals surface area contributed by atoms with Crippen LogP contribution in [-0.2, 0) is 25.0 Å². The fraction of sp³-hybridized carbons (Fsp3) is 0.429. The maximum atomic E-state index is 14.1. The lowest BCUT2D eigenvalue weighted by molar-refractivity contribution is 0.294. The summed E-state index contributed by atoms with van der Waals surface area (Å²) in [5.41, 5.74) is -0.00499. The molecule has 4 heterocycles. The zero-order valence-electron chi connectivity index (χ0n) is 16.7. The number of benzene rings is 1. The number of halogens is 1. The Bertz CT molecular complexity index is 1230. The molecule has 0 bridgehead atoms. The van der Waals surface area contributed by atoms with Gasteiger partial charge in [0.1, 0.15) is 11.6 Å². The molecule has 1 spiro atoms. The van der Waals surface area contributed by atoms with Crippen molar-refractivity contribution >= 4 is 11.3 Å². The smallest absolute Gasteiger partial charge is 0.298 e. The largest absolute Gasteiger partial charge is 0.332 e. The van der Waals surface area contributed by atoms with Gasteiger partial charge < -0.3 is 0 Å². The van der Waals surface area contributed by atoms with Gasteiger partial charge in [0.2, 0.25) is 0 Å². The molecule has 1 fully saturated rings. The topological polar surface area (TPSA) is 73.0 Å². The molecule has 2 aromatic heterocycles. The number of likely N-dealkylation sites (tertiary alicyclic amines) is 1. The Labute approximate surface area is 176 Å². The van der Waals surface area contributed by atoms with Crippen molar-refractivity contribution in [3.63, 3.8) is 0 Å². The predicted molar refractivity (Wildman–Crippen MR) is 111 cm³/mol. The molecule has 9 heteroatoms. The van der Waals surface area contributed by atoms with Crippen LogP contribution in [0.15, 0.2) is 39.2 Å². The third-order valence-corrected chi connectivity index (χ3v) is 7.01. The van der Waals surface area contributed by atoms with Gasteiger partial charge in [0, 0.05) is 36.0 Å². The minimum atomic E-state index is -0.609. The van der Waals surface area contributed by atoms with Crippen LogP contribution in [0.2, 0.25) is 0 Å². The number of thiazole rings is 1. The molecule has 7 nitrogen and oxygen atoms in total. The molecular formula is C21H22FN5O2S. The van der Waals surface area contributed by atoms with Gasteiger partial charge in [-0.2, -0.15) is 5.10 Å². The molecule has 0 aliphatic carbocycles. The maximum absolute atomic E-state index is 14.1. The van der Waals surface area contributed by atoms with Gasteiger partial charge in [0.05, 0.1) is 17.2 Å². The van der Waals surface area contributed by atoms with E-state index in [1.165, 1.54) is 26.7 Å². The molecule has 0 unspecified atom stereocenters. The van der Waals surface area contributed by atoms with Crippen molar-refractivity contribution in [3.8, 4) is 0 Å². The molecule has 0 radical (unpaired) electrons. The number of fused-ring (bicyclic) bond motifs is 2. The van der Waals surface area contributed by atoms with Crippen LogP contribution in [0.4, 0.5) is 4.39 Å². The van der Waals surface area contributed by atoms with Crippen LogP contribution in [0.3, 0.4) is 0 Å². The Hall–Kier alpha value is -2.65. The summed E-state index contributed by atoms with van der Waals surface area (Å²) in [6.45, 7) is 4.62. The minimum Gasteiger partial charge on any atom is -0.298 e. The van der Waals surface area contributed by atoms with Crippen LogP contribution < -0.4 is 11.1 Å². The minimum absolute atomic E-state index is 0.196. The Morgan fingerprint density at radius 1 is 1.13 bits per heavy atom. The summed E-state index contributed by atoms with van der Waals surface area (Å²) >= 11 is 1.51. The summed E-state index contributed by atoms with van der Waals surface area (Å²) in [5.74, 6) is 0.474. The van der Waals surface area contributed by atoms with E-state index in [2.05, 4.69) is 15.0 Å². The standard InChI is InChI=1S/C21H22FN5O2S/c1-14-23-16(12-30-14)11-27-19(29)18(28)26-9-7-21(20(26)24-27)6-8-25(13-21)10-15-4-2-3-5-17(15)22/h2-5,12H,6-11,13H2,1H3/t21-/m1/s1. The molecule has 5 rings (SSSR count). The van der Waals surface area contributed by atoms with E-state index in [1.54, 1.807) is 12.1 Å². The average molecular weight is 428 g/mol. The number of aryl methyl sites for hydroxylation is 1. The fourth-order valence-corrected chi connectivity index (χ4v) is 5.27. The molecule has 1 atom stereocenters. The Morgan fingerprint density at radius 3 is 2.70 bits per heavy atom. The van der Waals surface area contributed by atoms with Crippen LogP contribution in [-0.4, -0.2) is 37.3 Å². The average Bonchev–Trinajstić information content (AvgIpc) is 3.42. The number of rotatable bonds is 4. The van der Waals surface area contributed by atoms with Gasteiger partial charge in [0.25, 0.3) is 0 Å². The summed E-state index contributed by atoms with van der Waals surface area (Å²) in [5, 5.41) is 7.44. The van der Waals surface area contributed by atoms with E-state index in [1.807, 2.05) is 18.4 Å². The predicted octanol–water partition coefficient (Wildman–Crippen LogP) is 1.90. The van der Waals surface area contributed by atoms with E-state index in [0.717, 1.165) is 30.1 Å². The van der Waals surface area contributed by atoms with Gasteiger partial charge in [-0.15, -0.1) is 11.3 Å². The van der Waals surface area contributed by atoms with Crippen molar-refractivity contribution in [2.24, 2.45) is 0 Å². The van der Waals surface area contributed by atoms with E-state index >= 15 is 0 Å². The van der Waals surface area contributed by atoms with Crippen molar-refractivity contribution in [3.05, 3.63) is 78.3 Å². The second-order valence-corrected chi connectivity index (χ2v) is 9.25. The van der Waals surface area contributed by atoms with Gasteiger partial charge in [0.15, 0.2) is 0 Å². The maximum Gasteiger partial charge on any atom is 0.332 e. The van der Waals surface area contributed by atoms with Gasteiger partial charge in [-0.25, -0.2) is 14.1 Å². The first kappa shape index (κ1) is 19.3. The molecule has 0 N–H and O–H groups in total. The molecule has 0 amide bonds. The molecule has 0 saturated carbocycles. The normalized spacial score (nSPS) is 20.9. The van der Waals surface area contributed by atoms with Gasteiger partial charge in [-0.05, 0) is 32.4 Å². The lowest BCUT2D eigenvalue weighted by atomic mass is 9.85. The lowest BCUT2D eigenvalue weighted by Crippen LogP contribution is -2.45. The molecule has 1 aromatic carbocycles. The highest BCUT2D eigenvalue weighted by atomic mass is 32.1. The Kier molecular flexibility index (Phi) is 4.67. The van der Waals surface area contributed by atoms with E-state index in [-0.39, 0.29) is 17.8 Å². The van der Waals surface area contributed by atoms with Gasteiger partial charge in [-0.1, -0.05) is 18.2 Å². The summed E-state index contributed by atoms with van der Waals surface area (Å²) < 4.78 is 16.9. The molecule has 1 saturated heterocycles. The number of hydrogen-bond acceptors (Lipinski definition) is 6. The fourth-order valence-electron chi connectivity index (χ4n) is 4.66. The van der Waals surface area contributed by atoms with Crippen LogP contribution in [0, 0.1) is 12.7 Å². The van der Waals surface area contributed by atoms with Crippen molar-refractivity contribution in [2.75, 3.05) is 13.1 Å². The molecular weight excluding hydrogens is 405 g/mol. The zero-order chi connectivity index (χ0) is 20.9. The number of aromatic nitrogens is 4. The van der Waals surface area contributed by atoms with Gasteiger partial charge in [-0.3, -0.25) is 19.1 Å². The highest BCUT2D eigenvalue weighted by molar-refractivity contribution is 7.09. The second-order valence-electron chi connectivity index (χ2n) is 8.18. The SMILES string of the molecule is Cc1nc(Cn2nc3n(c(=O)c2=O)CC[C@@]32CCN(Cc3ccccc3F)C2)cs1. The van der Waals surface area contributed by atoms with Crippen molar-refractivity contribution in [2.45, 2.75) is 44.8 Å². The first-order valence-corrected chi connectivity index (χ1v) is 10.9. The van der Waals surface area contributed by atoms with Crippen molar-refractivity contribution in [1.29, 1.82) is 0 Å². The molecule has 2 aliphatic heterocycles. The summed E-state index contributed by atoms with van der Waals surface area (Å²) in [7, 11) is 0. The van der Waals surface area contributed by atoms with Crippen molar-refractivity contribution in [1.82, 2.24) is 24.2 Å². The van der Waals surface area contributed by atoms with Crippen LogP contribution in [0.1, 0.15) is 34.9 Å². The van der Waals surface area contributed by atoms with E-state index in [9.17, 15) is 14.0 Å². The number of nitrogens with zero attached hydrogens (tertiary/aromatic N) is 5. The summed E-state index contributed by atoms with van der Waals surface area (Å²) in [6, 6.07) is 6.82. The zero-order valence-corrected chi connectivity index (χ0v) is 17.5. The van der Waals surface area contributed by atoms with E-state index in [0.29, 0.717) is 31.0 Å². The second kappa shape index (κ2) is 7.24. The first-order valence-electron chi connectivity index (χ1n) is 10.0. The summed E-state index contributed by atoms with van der Waals surface area (Å²) in [6.07, 6.45) is 1.60. The quantitative estimate of drug-likeness (QED) is 0.595. The highest BCUT2D eigenvalue weighted by Crippen LogP contribution is 2.40. The first-order chi connectivity index (χ1) is 14.4. The highest BCUT2D eigenvalue weighted by Gasteiger charge is 2.47. The van der Waals surface area contributed by atoms with E-state index in [4.69, 9.17) is 0 Å². The Morgan fingerprint density at radius 2 is 1.93 bits per heavy atom. The molecule has 156 valence electrons. The molecule has 30 heavy (non-hydrogen) atoms. The van der Waals surface area contributed by atoms with E-state index < -0.39 is 11.1 Å². The van der Waals surface area contributed by atoms with Crippen LogP contribution >= 0.6 is 11.3 Å². The monoisotopic (exact) mass is 427 g/mol. The third-order valence-electron chi connectivity index (χ3n) is 6.18. The molecule has 2 aliphatic rings. The van der Waals surface area contributed by atoms with Gasteiger partial charge >= 0.3 is 11.1 Å². The summed E-state index contributed by atoms with van der Waals surface area (Å²) in [4.78, 5) is 31.9. The van der Waals surface area contributed by atoms with Crippen LogP contribution in [0.5, 0.6) is 0 Å². The lowest BCUT2D eigenvalue weighted by Gasteiger charge is -2.24. The number of hydrogen-bond donors (Lipinski definition) is 0. The Balaban J connectivity index is 1.45. The van der Waals surface area contributed by atoms with Crippen molar-refractivity contribution < 1.29 is 4.39 Å². The molecule has 3 aromatic rings. The third kappa shape index (κ3) is 3.22. The van der Waals surface area contributed by atoms with Crippen LogP contribution in [0.25, 0.3) is 0 Å².